The van der Waals surface area contributed by atoms with E-state index in [1.54, 1.807) is 0 Å². The Morgan fingerprint density at radius 3 is 2.19 bits per heavy atom. The summed E-state index contributed by atoms with van der Waals surface area (Å²) in [5.41, 5.74) is 6.18. The van der Waals surface area contributed by atoms with E-state index in [1.807, 2.05) is 0 Å². The summed E-state index contributed by atoms with van der Waals surface area (Å²) in [6, 6.07) is 0.819. The molecule has 0 amide bonds. The second kappa shape index (κ2) is 6.61. The highest BCUT2D eigenvalue weighted by Gasteiger charge is 2.21. The smallest absolute Gasteiger partial charge is 0.0108 e. The van der Waals surface area contributed by atoms with Gasteiger partial charge in [-0.1, -0.05) is 40.0 Å². The van der Waals surface area contributed by atoms with Crippen molar-refractivity contribution in [3.63, 3.8) is 0 Å². The summed E-state index contributed by atoms with van der Waals surface area (Å²) in [4.78, 5) is 2.64. The van der Waals surface area contributed by atoms with Crippen molar-refractivity contribution in [1.82, 2.24) is 4.90 Å². The molecule has 0 aliphatic heterocycles. The molecule has 16 heavy (non-hydrogen) atoms. The molecule has 0 bridgehead atoms. The third-order valence-electron chi connectivity index (χ3n) is 3.66. The normalized spacial score (nSPS) is 19.3. The molecule has 1 fully saturated rings. The van der Waals surface area contributed by atoms with E-state index in [-0.39, 0.29) is 0 Å². The summed E-state index contributed by atoms with van der Waals surface area (Å²) in [5.74, 6) is 0. The second-order valence-electron chi connectivity index (χ2n) is 6.43. The van der Waals surface area contributed by atoms with Gasteiger partial charge in [0.1, 0.15) is 0 Å². The molecule has 2 N–H and O–H groups in total. The fourth-order valence-corrected chi connectivity index (χ4v) is 2.57. The lowest BCUT2D eigenvalue weighted by molar-refractivity contribution is 0.141. The van der Waals surface area contributed by atoms with Crippen LogP contribution >= 0.6 is 0 Å². The molecule has 1 aliphatic rings. The van der Waals surface area contributed by atoms with Gasteiger partial charge in [0.05, 0.1) is 0 Å². The Balaban J connectivity index is 2.39. The summed E-state index contributed by atoms with van der Waals surface area (Å²) in [6.45, 7) is 10.1. The van der Waals surface area contributed by atoms with E-state index in [0.29, 0.717) is 5.41 Å². The third-order valence-corrected chi connectivity index (χ3v) is 3.66. The third kappa shape index (κ3) is 5.31. The maximum absolute atomic E-state index is 5.73. The van der Waals surface area contributed by atoms with E-state index in [4.69, 9.17) is 5.73 Å². The molecule has 0 heterocycles. The molecule has 1 saturated carbocycles. The van der Waals surface area contributed by atoms with Gasteiger partial charge in [0.2, 0.25) is 0 Å². The molecule has 0 spiro atoms. The molecule has 0 unspecified atom stereocenters. The molecule has 1 rings (SSSR count). The van der Waals surface area contributed by atoms with Crippen molar-refractivity contribution in [1.29, 1.82) is 0 Å². The predicted molar refractivity (Wildman–Crippen MR) is 71.6 cm³/mol. The molecule has 0 aromatic rings. The van der Waals surface area contributed by atoms with E-state index < -0.39 is 0 Å². The quantitative estimate of drug-likeness (QED) is 0.781. The fraction of sp³-hybridized carbons (Fsp3) is 1.00. The van der Waals surface area contributed by atoms with Crippen LogP contribution in [0.5, 0.6) is 0 Å². The van der Waals surface area contributed by atoms with E-state index >= 15 is 0 Å². The average molecular weight is 226 g/mol. The van der Waals surface area contributed by atoms with Crippen LogP contribution in [0.25, 0.3) is 0 Å². The summed E-state index contributed by atoms with van der Waals surface area (Å²) >= 11 is 0. The van der Waals surface area contributed by atoms with Crippen molar-refractivity contribution in [2.45, 2.75) is 65.3 Å². The van der Waals surface area contributed by atoms with Crippen molar-refractivity contribution in [2.24, 2.45) is 11.1 Å². The molecule has 96 valence electrons. The Hall–Kier alpha value is -0.0800. The largest absolute Gasteiger partial charge is 0.329 e. The summed E-state index contributed by atoms with van der Waals surface area (Å²) in [6.07, 6.45) is 8.34. The topological polar surface area (TPSA) is 29.3 Å². The van der Waals surface area contributed by atoms with Gasteiger partial charge in [0.25, 0.3) is 0 Å². The van der Waals surface area contributed by atoms with E-state index in [9.17, 15) is 0 Å². The number of rotatable bonds is 5. The number of nitrogens with zero attached hydrogens (tertiary/aromatic N) is 1. The standard InChI is InChI=1S/C14H30N2/c1-14(2,3)9-11-16(12-10-15)13-7-5-4-6-8-13/h13H,4-12,15H2,1-3H3. The summed E-state index contributed by atoms with van der Waals surface area (Å²) in [7, 11) is 0. The molecular formula is C14H30N2. The predicted octanol–water partition coefficient (Wildman–Crippen LogP) is 3.02. The Bertz CT molecular complexity index is 178. The van der Waals surface area contributed by atoms with Gasteiger partial charge in [-0.3, -0.25) is 4.90 Å². The van der Waals surface area contributed by atoms with Crippen LogP contribution in [-0.4, -0.2) is 30.6 Å². The van der Waals surface area contributed by atoms with E-state index in [1.165, 1.54) is 45.1 Å². The first-order valence-electron chi connectivity index (χ1n) is 6.97. The van der Waals surface area contributed by atoms with Crippen LogP contribution in [-0.2, 0) is 0 Å². The minimum absolute atomic E-state index is 0.446. The lowest BCUT2D eigenvalue weighted by atomic mass is 9.90. The second-order valence-corrected chi connectivity index (χ2v) is 6.43. The van der Waals surface area contributed by atoms with Gasteiger partial charge in [-0.15, -0.1) is 0 Å². The average Bonchev–Trinajstić information content (AvgIpc) is 2.24. The first kappa shape index (κ1) is 14.0. The minimum Gasteiger partial charge on any atom is -0.329 e. The number of hydrogen-bond donors (Lipinski definition) is 1. The molecule has 0 aromatic carbocycles. The van der Waals surface area contributed by atoms with Crippen LogP contribution < -0.4 is 5.73 Å². The highest BCUT2D eigenvalue weighted by Crippen LogP contribution is 2.25. The maximum atomic E-state index is 5.73. The Morgan fingerprint density at radius 1 is 1.06 bits per heavy atom. The molecule has 0 atom stereocenters. The van der Waals surface area contributed by atoms with Gasteiger partial charge in [0.15, 0.2) is 0 Å². The Morgan fingerprint density at radius 2 is 1.69 bits per heavy atom. The summed E-state index contributed by atoms with van der Waals surface area (Å²) < 4.78 is 0. The van der Waals surface area contributed by atoms with Crippen LogP contribution in [0.3, 0.4) is 0 Å². The Labute approximate surface area is 102 Å². The number of hydrogen-bond acceptors (Lipinski definition) is 2. The zero-order valence-electron chi connectivity index (χ0n) is 11.5. The molecule has 2 heteroatoms. The van der Waals surface area contributed by atoms with Crippen molar-refractivity contribution in [3.05, 3.63) is 0 Å². The van der Waals surface area contributed by atoms with E-state index in [2.05, 4.69) is 25.7 Å². The summed E-state index contributed by atoms with van der Waals surface area (Å²) in [5, 5.41) is 0. The van der Waals surface area contributed by atoms with Crippen LogP contribution in [0.15, 0.2) is 0 Å². The maximum Gasteiger partial charge on any atom is 0.0108 e. The van der Waals surface area contributed by atoms with Crippen molar-refractivity contribution in [2.75, 3.05) is 19.6 Å². The molecule has 1 aliphatic carbocycles. The van der Waals surface area contributed by atoms with Crippen LogP contribution in [0, 0.1) is 5.41 Å². The molecule has 0 radical (unpaired) electrons. The van der Waals surface area contributed by atoms with Crippen molar-refractivity contribution in [3.8, 4) is 0 Å². The number of nitrogens with two attached hydrogens (primary N) is 1. The SMILES string of the molecule is CC(C)(C)CCN(CCN)C1CCCCC1. The zero-order chi connectivity index (χ0) is 12.0. The highest BCUT2D eigenvalue weighted by atomic mass is 15.2. The molecular weight excluding hydrogens is 196 g/mol. The van der Waals surface area contributed by atoms with Gasteiger partial charge in [-0.05, 0) is 31.2 Å². The molecule has 0 saturated heterocycles. The first-order chi connectivity index (χ1) is 7.53. The highest BCUT2D eigenvalue weighted by molar-refractivity contribution is 4.77. The minimum atomic E-state index is 0.446. The van der Waals surface area contributed by atoms with Gasteiger partial charge in [-0.25, -0.2) is 0 Å². The van der Waals surface area contributed by atoms with Crippen molar-refractivity contribution >= 4 is 0 Å². The van der Waals surface area contributed by atoms with E-state index in [0.717, 1.165) is 19.1 Å². The van der Waals surface area contributed by atoms with Gasteiger partial charge in [-0.2, -0.15) is 0 Å². The van der Waals surface area contributed by atoms with Gasteiger partial charge in [0, 0.05) is 19.1 Å². The lowest BCUT2D eigenvalue weighted by Crippen LogP contribution is -2.41. The zero-order valence-corrected chi connectivity index (χ0v) is 11.5. The van der Waals surface area contributed by atoms with Crippen LogP contribution in [0.1, 0.15) is 59.3 Å². The first-order valence-corrected chi connectivity index (χ1v) is 6.97. The molecule has 0 aromatic heterocycles. The fourth-order valence-electron chi connectivity index (χ4n) is 2.57. The van der Waals surface area contributed by atoms with Gasteiger partial charge >= 0.3 is 0 Å². The van der Waals surface area contributed by atoms with Gasteiger partial charge < -0.3 is 5.73 Å². The van der Waals surface area contributed by atoms with Crippen molar-refractivity contribution < 1.29 is 0 Å². The lowest BCUT2D eigenvalue weighted by Gasteiger charge is -2.35. The Kier molecular flexibility index (Phi) is 5.77. The molecule has 2 nitrogen and oxygen atoms in total. The van der Waals surface area contributed by atoms with Crippen LogP contribution in [0.4, 0.5) is 0 Å². The monoisotopic (exact) mass is 226 g/mol. The van der Waals surface area contributed by atoms with Crippen LogP contribution in [0.2, 0.25) is 0 Å².